The van der Waals surface area contributed by atoms with E-state index in [1.807, 2.05) is 36.9 Å². The fourth-order valence-corrected chi connectivity index (χ4v) is 11.1. The Bertz CT molecular complexity index is 2850. The minimum absolute atomic E-state index is 0.157. The molecule has 0 amide bonds. The van der Waals surface area contributed by atoms with E-state index in [1.165, 1.54) is 33.4 Å². The highest BCUT2D eigenvalue weighted by molar-refractivity contribution is 5.52. The summed E-state index contributed by atoms with van der Waals surface area (Å²) >= 11 is 0. The highest BCUT2D eigenvalue weighted by Crippen LogP contribution is 2.44. The van der Waals surface area contributed by atoms with E-state index in [4.69, 9.17) is 20.0 Å². The zero-order valence-corrected chi connectivity index (χ0v) is 39.5. The molecule has 348 valence electrons. The number of hydrogen-bond donors (Lipinski definition) is 1. The van der Waals surface area contributed by atoms with E-state index in [0.29, 0.717) is 17.4 Å². The molecule has 0 bridgehead atoms. The Morgan fingerprint density at radius 2 is 0.743 bits per heavy atom. The third-order valence-electron chi connectivity index (χ3n) is 14.6. The number of aliphatic hydroxyl groups is 1. The summed E-state index contributed by atoms with van der Waals surface area (Å²) in [5.74, 6) is 1.64. The second kappa shape index (κ2) is 21.2. The van der Waals surface area contributed by atoms with Gasteiger partial charge in [0.2, 0.25) is 0 Å². The minimum atomic E-state index is -0.537. The maximum Gasteiger partial charge on any atom is 0.121 e. The van der Waals surface area contributed by atoms with Gasteiger partial charge in [0.1, 0.15) is 16.8 Å². The predicted molar refractivity (Wildman–Crippen MR) is 278 cm³/mol. The zero-order chi connectivity index (χ0) is 47.6. The summed E-state index contributed by atoms with van der Waals surface area (Å²) in [6.07, 6.45) is 16.3. The minimum Gasteiger partial charge on any atom is -0.490 e. The van der Waals surface area contributed by atoms with Crippen LogP contribution in [0, 0.1) is 11.3 Å². The molecule has 0 saturated heterocycles. The first kappa shape index (κ1) is 46.0. The number of aromatic nitrogens is 4. The quantitative estimate of drug-likeness (QED) is 0.123. The van der Waals surface area contributed by atoms with E-state index in [0.717, 1.165) is 68.5 Å². The maximum atomic E-state index is 9.93. The van der Waals surface area contributed by atoms with Gasteiger partial charge in [0, 0.05) is 24.2 Å². The van der Waals surface area contributed by atoms with Crippen LogP contribution in [-0.4, -0.2) is 36.4 Å². The van der Waals surface area contributed by atoms with Gasteiger partial charge in [-0.25, -0.2) is 9.97 Å². The van der Waals surface area contributed by atoms with Crippen LogP contribution in [0.1, 0.15) is 114 Å². The number of benzene rings is 7. The molecule has 2 aliphatic rings. The van der Waals surface area contributed by atoms with E-state index >= 15 is 0 Å². The Morgan fingerprint density at radius 1 is 0.429 bits per heavy atom. The summed E-state index contributed by atoms with van der Waals surface area (Å²) in [5.41, 5.74) is 9.08. The summed E-state index contributed by atoms with van der Waals surface area (Å²) < 4.78 is 10.8. The lowest BCUT2D eigenvalue weighted by molar-refractivity contribution is 0.122. The highest BCUT2D eigenvalue weighted by Gasteiger charge is 2.40. The molecular weight excluding hydrogens is 859 g/mol. The van der Waals surface area contributed by atoms with Gasteiger partial charge < -0.3 is 19.0 Å². The first-order chi connectivity index (χ1) is 34.5. The van der Waals surface area contributed by atoms with Gasteiger partial charge in [0.15, 0.2) is 0 Å². The number of ether oxygens (including phenoxy) is 1. The van der Waals surface area contributed by atoms with Gasteiger partial charge in [-0.2, -0.15) is 5.26 Å². The van der Waals surface area contributed by atoms with Crippen LogP contribution < -0.4 is 4.74 Å². The van der Waals surface area contributed by atoms with Crippen molar-refractivity contribution in [3.63, 3.8) is 0 Å². The van der Waals surface area contributed by atoms with Gasteiger partial charge in [0.25, 0.3) is 0 Å². The Morgan fingerprint density at radius 3 is 1.06 bits per heavy atom. The molecule has 2 aromatic heterocycles. The standard InChI is InChI=1S/C35H31N3O.C28H28N2O/c36-24-27-16-20-32(21-17-27)39-33-22-18-28(19-23-33)34-25-38(26-37-34)35(29-10-4-1-5-11-29,30-12-6-2-7-13-30)31-14-8-3-9-15-31;31-26-18-16-22(17-19-26)27-20-30(21-29-27)28(23-10-4-1-5-11-23,24-12-6-2-7-13-24)25-14-8-3-9-15-25/h1-17,20-21,25-26,28,33H,18-19,22-23H2;1-15,20-22,26,31H,16-19H2. The Labute approximate surface area is 412 Å². The molecule has 0 atom stereocenters. The second-order valence-corrected chi connectivity index (χ2v) is 18.8. The lowest BCUT2D eigenvalue weighted by atomic mass is 9.76. The molecular formula is C63H59N5O2. The van der Waals surface area contributed by atoms with Gasteiger partial charge in [-0.3, -0.25) is 0 Å². The Hall–Kier alpha value is -7.79. The van der Waals surface area contributed by atoms with Crippen LogP contribution in [0.2, 0.25) is 0 Å². The molecule has 1 N–H and O–H groups in total. The summed E-state index contributed by atoms with van der Waals surface area (Å²) in [7, 11) is 0. The lowest BCUT2D eigenvalue weighted by Crippen LogP contribution is -2.37. The monoisotopic (exact) mass is 917 g/mol. The average Bonchev–Trinajstić information content (AvgIpc) is 4.14. The van der Waals surface area contributed by atoms with Crippen molar-refractivity contribution in [3.8, 4) is 11.8 Å². The summed E-state index contributed by atoms with van der Waals surface area (Å²) in [4.78, 5) is 9.89. The van der Waals surface area contributed by atoms with Crippen LogP contribution in [0.25, 0.3) is 0 Å². The number of hydrogen-bond acceptors (Lipinski definition) is 5. The van der Waals surface area contributed by atoms with Crippen LogP contribution in [0.3, 0.4) is 0 Å². The first-order valence-electron chi connectivity index (χ1n) is 24.8. The largest absolute Gasteiger partial charge is 0.490 e. The molecule has 0 unspecified atom stereocenters. The molecule has 2 saturated carbocycles. The van der Waals surface area contributed by atoms with Crippen LogP contribution >= 0.6 is 0 Å². The van der Waals surface area contributed by atoms with E-state index in [1.54, 1.807) is 0 Å². The number of nitriles is 1. The van der Waals surface area contributed by atoms with Gasteiger partial charge >= 0.3 is 0 Å². The van der Waals surface area contributed by atoms with Crippen molar-refractivity contribution < 1.29 is 9.84 Å². The first-order valence-corrected chi connectivity index (χ1v) is 24.8. The van der Waals surface area contributed by atoms with Crippen LogP contribution in [-0.2, 0) is 11.1 Å². The van der Waals surface area contributed by atoms with E-state index in [9.17, 15) is 5.11 Å². The van der Waals surface area contributed by atoms with Crippen LogP contribution in [0.4, 0.5) is 0 Å². The summed E-state index contributed by atoms with van der Waals surface area (Å²) in [5, 5.41) is 19.0. The lowest BCUT2D eigenvalue weighted by Gasteiger charge is -2.37. The average molecular weight is 918 g/mol. The zero-order valence-electron chi connectivity index (χ0n) is 39.5. The molecule has 0 spiro atoms. The van der Waals surface area contributed by atoms with Crippen LogP contribution in [0.15, 0.2) is 231 Å². The number of aliphatic hydroxyl groups excluding tert-OH is 1. The van der Waals surface area contributed by atoms with Gasteiger partial charge in [-0.05, 0) is 109 Å². The predicted octanol–water partition coefficient (Wildman–Crippen LogP) is 13.4. The topological polar surface area (TPSA) is 88.9 Å². The summed E-state index contributed by atoms with van der Waals surface area (Å²) in [6.45, 7) is 0. The number of rotatable bonds is 12. The highest BCUT2D eigenvalue weighted by atomic mass is 16.5. The van der Waals surface area contributed by atoms with E-state index < -0.39 is 11.1 Å². The summed E-state index contributed by atoms with van der Waals surface area (Å²) in [6, 6.07) is 73.8. The van der Waals surface area contributed by atoms with Crippen LogP contribution in [0.5, 0.6) is 5.75 Å². The Balaban J connectivity index is 0.000000166. The Kier molecular flexibility index (Phi) is 13.9. The number of nitrogens with zero attached hydrogens (tertiary/aromatic N) is 5. The molecule has 2 fully saturated rings. The van der Waals surface area contributed by atoms with Crippen molar-refractivity contribution in [2.45, 2.75) is 86.5 Å². The van der Waals surface area contributed by atoms with Crippen molar-refractivity contribution in [3.05, 3.63) is 282 Å². The molecule has 7 aromatic carbocycles. The molecule has 9 aromatic rings. The van der Waals surface area contributed by atoms with Crippen molar-refractivity contribution in [2.75, 3.05) is 0 Å². The molecule has 11 rings (SSSR count). The molecule has 2 heterocycles. The smallest absolute Gasteiger partial charge is 0.121 e. The third-order valence-corrected chi connectivity index (χ3v) is 14.6. The molecule has 7 heteroatoms. The van der Waals surface area contributed by atoms with Crippen molar-refractivity contribution >= 4 is 0 Å². The fourth-order valence-electron chi connectivity index (χ4n) is 11.1. The number of imidazole rings is 2. The SMILES string of the molecule is N#Cc1ccc(OC2CCC(c3cn(C(c4ccccc4)(c4ccccc4)c4ccccc4)cn3)CC2)cc1.OC1CCC(c2cn(C(c3ccccc3)(c3ccccc3)c3ccccc3)cn2)CC1. The normalized spacial score (nSPS) is 18.2. The van der Waals surface area contributed by atoms with Crippen molar-refractivity contribution in [1.29, 1.82) is 5.26 Å². The van der Waals surface area contributed by atoms with Gasteiger partial charge in [-0.15, -0.1) is 0 Å². The van der Waals surface area contributed by atoms with Crippen molar-refractivity contribution in [2.24, 2.45) is 0 Å². The van der Waals surface area contributed by atoms with Gasteiger partial charge in [0.05, 0.1) is 47.9 Å². The molecule has 0 radical (unpaired) electrons. The molecule has 7 nitrogen and oxygen atoms in total. The fraction of sp³-hybridized carbons (Fsp3) is 0.222. The van der Waals surface area contributed by atoms with E-state index in [-0.39, 0.29) is 12.2 Å². The third kappa shape index (κ3) is 9.36. The van der Waals surface area contributed by atoms with E-state index in [2.05, 4.69) is 210 Å². The molecule has 0 aliphatic heterocycles. The van der Waals surface area contributed by atoms with Gasteiger partial charge in [-0.1, -0.05) is 182 Å². The second-order valence-electron chi connectivity index (χ2n) is 18.8. The molecule has 2 aliphatic carbocycles. The maximum absolute atomic E-state index is 9.93. The molecule has 70 heavy (non-hydrogen) atoms. The van der Waals surface area contributed by atoms with Crippen molar-refractivity contribution in [1.82, 2.24) is 19.1 Å².